The molecule has 63 heavy (non-hydrogen) atoms. The molecule has 7 unspecified atom stereocenters. The number of benzene rings is 1. The van der Waals surface area contributed by atoms with E-state index in [9.17, 15) is 58.2 Å². The maximum absolute atomic E-state index is 13.8. The molecule has 1 aromatic carbocycles. The van der Waals surface area contributed by atoms with Gasteiger partial charge < -0.3 is 64.0 Å². The number of nitrogens with two attached hydrogens (primary N) is 2. The summed E-state index contributed by atoms with van der Waals surface area (Å²) in [6, 6.07) is 0.921. The van der Waals surface area contributed by atoms with Crippen LogP contribution in [-0.4, -0.2) is 130 Å². The number of carboxylic acid groups (broad SMARTS) is 3. The molecule has 0 aliphatic rings. The van der Waals surface area contributed by atoms with Gasteiger partial charge in [-0.25, -0.2) is 4.79 Å². The first-order valence-electron chi connectivity index (χ1n) is 20.9. The number of amides is 7. The zero-order valence-electron chi connectivity index (χ0n) is 36.3. The zero-order chi connectivity index (χ0) is 47.6. The van der Waals surface area contributed by atoms with Gasteiger partial charge in [-0.15, -0.1) is 0 Å². The lowest BCUT2D eigenvalue weighted by atomic mass is 9.96. The second kappa shape index (κ2) is 29.2. The summed E-state index contributed by atoms with van der Waals surface area (Å²) in [5.74, 6) is -10.2. The molecule has 0 aliphatic heterocycles. The predicted octanol–water partition coefficient (Wildman–Crippen LogP) is -1.75. The van der Waals surface area contributed by atoms with Crippen molar-refractivity contribution in [1.29, 1.82) is 0 Å². The van der Waals surface area contributed by atoms with Gasteiger partial charge >= 0.3 is 17.9 Å². The smallest absolute Gasteiger partial charge is 0.326 e. The summed E-state index contributed by atoms with van der Waals surface area (Å²) in [6.07, 6.45) is -0.0427. The summed E-state index contributed by atoms with van der Waals surface area (Å²) >= 11 is 0. The summed E-state index contributed by atoms with van der Waals surface area (Å²) < 4.78 is 0. The summed E-state index contributed by atoms with van der Waals surface area (Å²) in [6.45, 7) is 5.94. The fourth-order valence-electron chi connectivity index (χ4n) is 6.03. The van der Waals surface area contributed by atoms with Gasteiger partial charge in [0.25, 0.3) is 0 Å². The zero-order valence-corrected chi connectivity index (χ0v) is 36.3. The van der Waals surface area contributed by atoms with Crippen LogP contribution in [0.2, 0.25) is 0 Å². The highest BCUT2D eigenvalue weighted by Gasteiger charge is 2.33. The van der Waals surface area contributed by atoms with Crippen LogP contribution in [-0.2, 0) is 54.4 Å². The second-order valence-electron chi connectivity index (χ2n) is 15.6. The molecule has 0 aromatic heterocycles. The van der Waals surface area contributed by atoms with Crippen molar-refractivity contribution >= 4 is 59.3 Å². The normalized spacial score (nSPS) is 14.3. The van der Waals surface area contributed by atoms with Crippen molar-refractivity contribution in [3.63, 3.8) is 0 Å². The monoisotopic (exact) mass is 891 g/mol. The Hall–Kier alpha value is -6.16. The van der Waals surface area contributed by atoms with E-state index in [-0.39, 0.29) is 38.0 Å². The van der Waals surface area contributed by atoms with Crippen LogP contribution >= 0.6 is 0 Å². The number of rotatable bonds is 31. The van der Waals surface area contributed by atoms with Crippen molar-refractivity contribution in [2.75, 3.05) is 19.6 Å². The first kappa shape index (κ1) is 54.9. The third kappa shape index (κ3) is 22.5. The van der Waals surface area contributed by atoms with Crippen LogP contribution in [0, 0.1) is 11.8 Å². The van der Waals surface area contributed by atoms with Crippen LogP contribution in [0.1, 0.15) is 91.0 Å². The number of carbonyl (C=O) groups is 10. The lowest BCUT2D eigenvalue weighted by molar-refractivity contribution is -0.142. The lowest BCUT2D eigenvalue weighted by Crippen LogP contribution is -2.59. The number of hydrogen-bond acceptors (Lipinski definition) is 12. The highest BCUT2D eigenvalue weighted by molar-refractivity contribution is 5.96. The van der Waals surface area contributed by atoms with Gasteiger partial charge in [-0.1, -0.05) is 64.4 Å². The van der Waals surface area contributed by atoms with Crippen LogP contribution in [0.25, 0.3) is 0 Å². The van der Waals surface area contributed by atoms with E-state index < -0.39 is 127 Å². The van der Waals surface area contributed by atoms with Gasteiger partial charge in [0.1, 0.15) is 30.2 Å². The van der Waals surface area contributed by atoms with Gasteiger partial charge in [-0.2, -0.15) is 0 Å². The van der Waals surface area contributed by atoms with Crippen molar-refractivity contribution in [3.8, 4) is 0 Å². The topological polar surface area (TPSA) is 368 Å². The van der Waals surface area contributed by atoms with Gasteiger partial charge in [0.2, 0.25) is 41.4 Å². The van der Waals surface area contributed by atoms with Crippen LogP contribution in [0.3, 0.4) is 0 Å². The van der Waals surface area contributed by atoms with Crippen molar-refractivity contribution in [2.45, 2.75) is 128 Å². The van der Waals surface area contributed by atoms with E-state index in [1.807, 2.05) is 0 Å². The average molecular weight is 892 g/mol. The Morgan fingerprint density at radius 1 is 0.603 bits per heavy atom. The van der Waals surface area contributed by atoms with Gasteiger partial charge in [-0.05, 0) is 62.5 Å². The predicted molar refractivity (Wildman–Crippen MR) is 227 cm³/mol. The Balaban J connectivity index is 3.12. The van der Waals surface area contributed by atoms with Gasteiger partial charge in [-0.3, -0.25) is 43.2 Å². The molecule has 0 saturated heterocycles. The number of unbranched alkanes of at least 4 members (excludes halogenated alkanes) is 1. The van der Waals surface area contributed by atoms with Gasteiger partial charge in [0, 0.05) is 19.3 Å². The Kier molecular flexibility index (Phi) is 25.4. The molecule has 1 rings (SSSR count). The highest BCUT2D eigenvalue weighted by Crippen LogP contribution is 2.13. The van der Waals surface area contributed by atoms with Crippen LogP contribution in [0.15, 0.2) is 30.3 Å². The molecule has 0 aliphatic carbocycles. The molecule has 0 radical (unpaired) electrons. The standard InChI is InChI=1S/C41H65N9O13/c1-5-24(4)35(40(61)48-27(15-17-34(55)56)37(58)44-21-31(51)46-28(41(62)63)13-9-10-18-42)50-39(60)29(19-23(2)3)47-32(52)22-45-38(59)30(20-25-11-7-6-8-12-25)49-36(57)26(43)14-16-33(53)54/h6-8,11-12,23-24,26-30,35H,5,9-10,13-22,42-43H2,1-4H3,(H,44,58)(H,45,59)(H,46,51)(H,47,52)(H,48,61)(H,49,57)(H,50,60)(H,53,54)(H,55,56)(H,62,63). The van der Waals surface area contributed by atoms with Crippen molar-refractivity contribution < 1.29 is 63.3 Å². The Bertz CT molecular complexity index is 1710. The van der Waals surface area contributed by atoms with E-state index in [4.69, 9.17) is 16.6 Å². The quantitative estimate of drug-likeness (QED) is 0.0368. The Morgan fingerprint density at radius 2 is 1.14 bits per heavy atom. The lowest BCUT2D eigenvalue weighted by Gasteiger charge is -2.29. The van der Waals surface area contributed by atoms with E-state index in [0.717, 1.165) is 0 Å². The Labute approximate surface area is 366 Å². The highest BCUT2D eigenvalue weighted by atomic mass is 16.4. The molecule has 0 spiro atoms. The summed E-state index contributed by atoms with van der Waals surface area (Å²) in [5.41, 5.74) is 12.0. The fourth-order valence-corrected chi connectivity index (χ4v) is 6.03. The maximum atomic E-state index is 13.8. The van der Waals surface area contributed by atoms with E-state index in [1.165, 1.54) is 0 Å². The van der Waals surface area contributed by atoms with Crippen molar-refractivity contribution in [3.05, 3.63) is 35.9 Å². The minimum atomic E-state index is -1.49. The van der Waals surface area contributed by atoms with Gasteiger partial charge in [0.15, 0.2) is 0 Å². The molecule has 1 aromatic rings. The molecule has 0 heterocycles. The summed E-state index contributed by atoms with van der Waals surface area (Å²) in [4.78, 5) is 127. The van der Waals surface area contributed by atoms with Crippen molar-refractivity contribution in [1.82, 2.24) is 37.2 Å². The van der Waals surface area contributed by atoms with Crippen LogP contribution in [0.4, 0.5) is 0 Å². The molecule has 7 amide bonds. The van der Waals surface area contributed by atoms with Crippen LogP contribution < -0.4 is 48.7 Å². The molecule has 22 nitrogen and oxygen atoms in total. The summed E-state index contributed by atoms with van der Waals surface area (Å²) in [7, 11) is 0. The van der Waals surface area contributed by atoms with Crippen molar-refractivity contribution in [2.24, 2.45) is 23.3 Å². The first-order valence-corrected chi connectivity index (χ1v) is 20.9. The minimum Gasteiger partial charge on any atom is -0.481 e. The molecule has 352 valence electrons. The van der Waals surface area contributed by atoms with E-state index >= 15 is 0 Å². The number of nitrogens with one attached hydrogen (secondary N) is 7. The fraction of sp³-hybridized carbons (Fsp3) is 0.610. The number of carbonyl (C=O) groups excluding carboxylic acids is 7. The SMILES string of the molecule is CCC(C)C(NC(=O)C(CC(C)C)NC(=O)CNC(=O)C(Cc1ccccc1)NC(=O)C(N)CCC(=O)O)C(=O)NC(CCC(=O)O)C(=O)NCC(=O)NC(CCCCN)C(=O)O. The minimum absolute atomic E-state index is 0.000462. The van der Waals surface area contributed by atoms with Crippen LogP contribution in [0.5, 0.6) is 0 Å². The third-order valence-electron chi connectivity index (χ3n) is 9.78. The largest absolute Gasteiger partial charge is 0.481 e. The second-order valence-corrected chi connectivity index (χ2v) is 15.6. The van der Waals surface area contributed by atoms with E-state index in [2.05, 4.69) is 37.2 Å². The summed E-state index contributed by atoms with van der Waals surface area (Å²) in [5, 5.41) is 44.9. The first-order chi connectivity index (χ1) is 29.7. The number of aliphatic carboxylic acids is 3. The molecule has 0 fully saturated rings. The van der Waals surface area contributed by atoms with Gasteiger partial charge in [0.05, 0.1) is 19.1 Å². The number of hydrogen-bond donors (Lipinski definition) is 12. The molecule has 22 heteroatoms. The maximum Gasteiger partial charge on any atom is 0.326 e. The number of carboxylic acids is 3. The molecule has 14 N–H and O–H groups in total. The average Bonchev–Trinajstić information content (AvgIpc) is 3.23. The molecular formula is C41H65N9O13. The molecule has 7 atom stereocenters. The third-order valence-corrected chi connectivity index (χ3v) is 9.78. The molecular weight excluding hydrogens is 827 g/mol. The molecule has 0 saturated carbocycles. The molecule has 0 bridgehead atoms. The van der Waals surface area contributed by atoms with E-state index in [0.29, 0.717) is 31.4 Å². The Morgan fingerprint density at radius 3 is 1.67 bits per heavy atom. The van der Waals surface area contributed by atoms with E-state index in [1.54, 1.807) is 58.0 Å².